The molecular formula is C11H11Cl2N3O2. The number of amides is 2. The molecule has 1 aromatic rings. The summed E-state index contributed by atoms with van der Waals surface area (Å²) in [6.45, 7) is 1.29. The van der Waals surface area contributed by atoms with E-state index in [1.54, 1.807) is 11.0 Å². The Kier molecular flexibility index (Phi) is 4.04. The van der Waals surface area contributed by atoms with Crippen LogP contribution >= 0.6 is 23.2 Å². The number of rotatable bonds is 1. The molecule has 1 fully saturated rings. The maximum Gasteiger partial charge on any atom is 0.257 e. The molecule has 0 aliphatic carbocycles. The summed E-state index contributed by atoms with van der Waals surface area (Å²) in [5.74, 6) is -0.286. The Morgan fingerprint density at radius 3 is 2.83 bits per heavy atom. The normalized spacial score (nSPS) is 16.1. The molecular weight excluding hydrogens is 277 g/mol. The van der Waals surface area contributed by atoms with Gasteiger partial charge in [-0.1, -0.05) is 23.2 Å². The highest BCUT2D eigenvalue weighted by atomic mass is 35.5. The molecule has 1 saturated heterocycles. The van der Waals surface area contributed by atoms with Gasteiger partial charge in [0.25, 0.3) is 5.91 Å². The molecule has 1 aliphatic rings. The molecule has 2 rings (SSSR count). The van der Waals surface area contributed by atoms with Crippen LogP contribution in [0.15, 0.2) is 12.1 Å². The number of halogens is 2. The number of pyridine rings is 1. The summed E-state index contributed by atoms with van der Waals surface area (Å²) in [5, 5.41) is 3.02. The fraction of sp³-hybridized carbons (Fsp3) is 0.364. The molecule has 1 N–H and O–H groups in total. The first-order chi connectivity index (χ1) is 8.58. The molecule has 2 heterocycles. The number of hydrogen-bond acceptors (Lipinski definition) is 3. The Labute approximate surface area is 114 Å². The molecule has 0 unspecified atom stereocenters. The van der Waals surface area contributed by atoms with E-state index in [1.807, 2.05) is 0 Å². The van der Waals surface area contributed by atoms with Gasteiger partial charge in [0.2, 0.25) is 5.91 Å². The van der Waals surface area contributed by atoms with Crippen LogP contribution in [0.1, 0.15) is 16.8 Å². The number of nitrogens with zero attached hydrogens (tertiary/aromatic N) is 2. The standard InChI is InChI=1S/C11H11Cl2N3O2/c12-8-2-1-7(10(13)15-8)11(18)16-5-3-9(17)14-4-6-16/h1-2H,3-6H2,(H,14,17). The van der Waals surface area contributed by atoms with Gasteiger partial charge in [-0.3, -0.25) is 9.59 Å². The van der Waals surface area contributed by atoms with E-state index in [0.717, 1.165) is 0 Å². The fourth-order valence-electron chi connectivity index (χ4n) is 1.71. The Morgan fingerprint density at radius 2 is 2.11 bits per heavy atom. The Hall–Kier alpha value is -1.33. The summed E-state index contributed by atoms with van der Waals surface area (Å²) in [4.78, 5) is 28.8. The van der Waals surface area contributed by atoms with Crippen molar-refractivity contribution in [3.8, 4) is 0 Å². The minimum Gasteiger partial charge on any atom is -0.354 e. The van der Waals surface area contributed by atoms with Crippen LogP contribution in [0.5, 0.6) is 0 Å². The summed E-state index contributed by atoms with van der Waals surface area (Å²) < 4.78 is 0. The molecule has 2 amide bonds. The largest absolute Gasteiger partial charge is 0.354 e. The van der Waals surface area contributed by atoms with E-state index >= 15 is 0 Å². The highest BCUT2D eigenvalue weighted by molar-refractivity contribution is 6.34. The number of hydrogen-bond donors (Lipinski definition) is 1. The molecule has 5 nitrogen and oxygen atoms in total. The van der Waals surface area contributed by atoms with E-state index in [0.29, 0.717) is 31.6 Å². The van der Waals surface area contributed by atoms with Crippen molar-refractivity contribution in [2.24, 2.45) is 0 Å². The lowest BCUT2D eigenvalue weighted by Crippen LogP contribution is -2.34. The third-order valence-electron chi connectivity index (χ3n) is 2.65. The molecule has 0 spiro atoms. The van der Waals surface area contributed by atoms with Gasteiger partial charge in [-0.05, 0) is 12.1 Å². The van der Waals surface area contributed by atoms with Gasteiger partial charge in [0, 0.05) is 26.1 Å². The van der Waals surface area contributed by atoms with Crippen molar-refractivity contribution in [3.63, 3.8) is 0 Å². The third-order valence-corrected chi connectivity index (χ3v) is 3.14. The van der Waals surface area contributed by atoms with Gasteiger partial charge >= 0.3 is 0 Å². The van der Waals surface area contributed by atoms with Crippen molar-refractivity contribution in [2.75, 3.05) is 19.6 Å². The lowest BCUT2D eigenvalue weighted by molar-refractivity contribution is -0.120. The van der Waals surface area contributed by atoms with E-state index < -0.39 is 0 Å². The first kappa shape index (κ1) is 13.1. The van der Waals surface area contributed by atoms with Crippen LogP contribution in [-0.4, -0.2) is 41.3 Å². The highest BCUT2D eigenvalue weighted by Gasteiger charge is 2.22. The van der Waals surface area contributed by atoms with Crippen molar-refractivity contribution in [2.45, 2.75) is 6.42 Å². The average Bonchev–Trinajstić information content (AvgIpc) is 2.53. The topological polar surface area (TPSA) is 62.3 Å². The van der Waals surface area contributed by atoms with Gasteiger partial charge in [0.05, 0.1) is 5.56 Å². The van der Waals surface area contributed by atoms with Crippen LogP contribution < -0.4 is 5.32 Å². The molecule has 0 saturated carbocycles. The monoisotopic (exact) mass is 287 g/mol. The van der Waals surface area contributed by atoms with Gasteiger partial charge in [-0.25, -0.2) is 4.98 Å². The van der Waals surface area contributed by atoms with Gasteiger partial charge < -0.3 is 10.2 Å². The SMILES string of the molecule is O=C1CCN(C(=O)c2ccc(Cl)nc2Cl)CCN1. The Balaban J connectivity index is 2.17. The van der Waals surface area contributed by atoms with E-state index in [9.17, 15) is 9.59 Å². The molecule has 0 atom stereocenters. The van der Waals surface area contributed by atoms with Crippen molar-refractivity contribution >= 4 is 35.0 Å². The van der Waals surface area contributed by atoms with Crippen molar-refractivity contribution in [1.82, 2.24) is 15.2 Å². The minimum atomic E-state index is -0.235. The van der Waals surface area contributed by atoms with Crippen molar-refractivity contribution in [1.29, 1.82) is 0 Å². The molecule has 1 aliphatic heterocycles. The van der Waals surface area contributed by atoms with E-state index in [4.69, 9.17) is 23.2 Å². The zero-order chi connectivity index (χ0) is 13.1. The second-order valence-corrected chi connectivity index (χ2v) is 4.61. The fourth-order valence-corrected chi connectivity index (χ4v) is 2.14. The van der Waals surface area contributed by atoms with Crippen LogP contribution in [-0.2, 0) is 4.79 Å². The van der Waals surface area contributed by atoms with Gasteiger partial charge in [0.1, 0.15) is 10.3 Å². The summed E-state index contributed by atoms with van der Waals surface area (Å²) >= 11 is 11.6. The smallest absolute Gasteiger partial charge is 0.257 e. The third kappa shape index (κ3) is 2.91. The number of carbonyl (C=O) groups is 2. The first-order valence-corrected chi connectivity index (χ1v) is 6.21. The number of nitrogens with one attached hydrogen (secondary N) is 1. The summed E-state index contributed by atoms with van der Waals surface area (Å²) in [5.41, 5.74) is 0.301. The lowest BCUT2D eigenvalue weighted by Gasteiger charge is -2.19. The zero-order valence-corrected chi connectivity index (χ0v) is 11.0. The Morgan fingerprint density at radius 1 is 1.33 bits per heavy atom. The second-order valence-electron chi connectivity index (χ2n) is 3.86. The van der Waals surface area contributed by atoms with Crippen molar-refractivity contribution in [3.05, 3.63) is 28.0 Å². The predicted octanol–water partition coefficient (Wildman–Crippen LogP) is 1.35. The van der Waals surface area contributed by atoms with Gasteiger partial charge in [0.15, 0.2) is 0 Å². The molecule has 18 heavy (non-hydrogen) atoms. The maximum atomic E-state index is 12.2. The number of aromatic nitrogens is 1. The summed E-state index contributed by atoms with van der Waals surface area (Å²) in [6.07, 6.45) is 0.296. The van der Waals surface area contributed by atoms with E-state index in [1.165, 1.54) is 6.07 Å². The quantitative estimate of drug-likeness (QED) is 0.793. The van der Waals surface area contributed by atoms with Crippen molar-refractivity contribution < 1.29 is 9.59 Å². The molecule has 1 aromatic heterocycles. The van der Waals surface area contributed by atoms with Crippen LogP contribution in [0.2, 0.25) is 10.3 Å². The second kappa shape index (κ2) is 5.54. The van der Waals surface area contributed by atoms with E-state index in [2.05, 4.69) is 10.3 Å². The minimum absolute atomic E-state index is 0.0503. The van der Waals surface area contributed by atoms with Crippen LogP contribution in [0.4, 0.5) is 0 Å². The highest BCUT2D eigenvalue weighted by Crippen LogP contribution is 2.18. The zero-order valence-electron chi connectivity index (χ0n) is 9.45. The van der Waals surface area contributed by atoms with Crippen LogP contribution in [0.25, 0.3) is 0 Å². The van der Waals surface area contributed by atoms with Gasteiger partial charge in [-0.15, -0.1) is 0 Å². The van der Waals surface area contributed by atoms with E-state index in [-0.39, 0.29) is 22.1 Å². The molecule has 0 radical (unpaired) electrons. The number of carbonyl (C=O) groups excluding carboxylic acids is 2. The predicted molar refractivity (Wildman–Crippen MR) is 67.8 cm³/mol. The summed E-state index contributed by atoms with van der Waals surface area (Å²) in [7, 11) is 0. The maximum absolute atomic E-state index is 12.2. The van der Waals surface area contributed by atoms with Gasteiger partial charge in [-0.2, -0.15) is 0 Å². The van der Waals surface area contributed by atoms with Crippen LogP contribution in [0, 0.1) is 0 Å². The summed E-state index contributed by atoms with van der Waals surface area (Å²) in [6, 6.07) is 3.06. The average molecular weight is 288 g/mol. The molecule has 7 heteroatoms. The molecule has 0 aromatic carbocycles. The van der Waals surface area contributed by atoms with Crippen LogP contribution in [0.3, 0.4) is 0 Å². The Bertz CT molecular complexity index is 493. The molecule has 96 valence electrons. The molecule has 0 bridgehead atoms. The lowest BCUT2D eigenvalue weighted by atomic mass is 10.2. The first-order valence-electron chi connectivity index (χ1n) is 5.46.